The third-order valence-electron chi connectivity index (χ3n) is 3.76. The van der Waals surface area contributed by atoms with Gasteiger partial charge < -0.3 is 33.4 Å². The second kappa shape index (κ2) is 13.8. The first kappa shape index (κ1) is 26.7. The van der Waals surface area contributed by atoms with Gasteiger partial charge in [0.05, 0.1) is 11.2 Å². The van der Waals surface area contributed by atoms with E-state index in [9.17, 15) is 4.79 Å². The Balaban J connectivity index is 4.57. The summed E-state index contributed by atoms with van der Waals surface area (Å²) in [5.41, 5.74) is 29.1. The van der Waals surface area contributed by atoms with E-state index < -0.39 is 4.75 Å². The number of hydrogen-bond donors (Lipinski definition) is 5. The first-order chi connectivity index (χ1) is 12.1. The fourth-order valence-electron chi connectivity index (χ4n) is 1.68. The summed E-state index contributed by atoms with van der Waals surface area (Å²) in [6, 6.07) is -0.613. The first-order valence-corrected chi connectivity index (χ1v) is 13.1. The lowest BCUT2D eigenvalue weighted by Gasteiger charge is -2.34. The maximum Gasteiger partial charge on any atom is 0.307 e. The van der Waals surface area contributed by atoms with Crippen LogP contribution in [0.4, 0.5) is 0 Å². The van der Waals surface area contributed by atoms with Crippen LogP contribution in [0.15, 0.2) is 0 Å². The van der Waals surface area contributed by atoms with Gasteiger partial charge in [-0.15, -0.1) is 0 Å². The summed E-state index contributed by atoms with van der Waals surface area (Å²) in [5.74, 6) is 1.32. The van der Waals surface area contributed by atoms with E-state index in [4.69, 9.17) is 33.4 Å². The molecule has 0 radical (unpaired) electrons. The molecule has 0 rings (SSSR count). The number of hydrogen-bond acceptors (Lipinski definition) is 11. The highest BCUT2D eigenvalue weighted by molar-refractivity contribution is 8.77. The van der Waals surface area contributed by atoms with Gasteiger partial charge >= 0.3 is 5.97 Å². The molecule has 0 aromatic heterocycles. The molecule has 11 heteroatoms. The molecule has 0 aliphatic carbocycles. The van der Waals surface area contributed by atoms with E-state index >= 15 is 0 Å². The molecule has 0 aromatic carbocycles. The van der Waals surface area contributed by atoms with Crippen molar-refractivity contribution in [2.75, 3.05) is 37.7 Å². The topological polar surface area (TPSA) is 156 Å². The predicted molar refractivity (Wildman–Crippen MR) is 121 cm³/mol. The molecule has 7 nitrogen and oxygen atoms in total. The van der Waals surface area contributed by atoms with Gasteiger partial charge in [0.25, 0.3) is 0 Å². The fraction of sp³-hybridized carbons (Fsp3) is 0.933. The van der Waals surface area contributed by atoms with E-state index in [1.807, 2.05) is 20.8 Å². The van der Waals surface area contributed by atoms with E-state index in [1.165, 1.54) is 0 Å². The smallest absolute Gasteiger partial charge is 0.307 e. The Labute approximate surface area is 173 Å². The summed E-state index contributed by atoms with van der Waals surface area (Å²) >= 11 is 0. The second-order valence-electron chi connectivity index (χ2n) is 6.62. The Bertz CT molecular complexity index is 406. The Kier molecular flexibility index (Phi) is 14.1. The summed E-state index contributed by atoms with van der Waals surface area (Å²) in [5, 5.41) is 0. The minimum absolute atomic E-state index is 0.151. The summed E-state index contributed by atoms with van der Waals surface area (Å²) in [7, 11) is 6.49. The first-order valence-electron chi connectivity index (χ1n) is 8.51. The molecule has 0 fully saturated rings. The summed E-state index contributed by atoms with van der Waals surface area (Å²) < 4.78 is 4.76. The summed E-state index contributed by atoms with van der Waals surface area (Å²) in [4.78, 5) is 12.3. The monoisotopic (exact) mass is 445 g/mol. The highest BCUT2D eigenvalue weighted by atomic mass is 33.1. The number of nitrogens with two attached hydrogens (primary N) is 5. The number of rotatable bonds is 15. The maximum absolute atomic E-state index is 12.3. The van der Waals surface area contributed by atoms with Gasteiger partial charge in [-0.05, 0) is 20.8 Å². The molecule has 26 heavy (non-hydrogen) atoms. The molecule has 0 spiro atoms. The fourth-order valence-corrected chi connectivity index (χ4v) is 6.83. The number of carbonyl (C=O) groups excluding carboxylic acids is 1. The van der Waals surface area contributed by atoms with Crippen LogP contribution in [0.25, 0.3) is 0 Å². The van der Waals surface area contributed by atoms with E-state index in [0.29, 0.717) is 19.6 Å². The Morgan fingerprint density at radius 2 is 1.50 bits per heavy atom. The van der Waals surface area contributed by atoms with Gasteiger partial charge in [-0.25, -0.2) is 0 Å². The van der Waals surface area contributed by atoms with E-state index in [1.54, 1.807) is 43.2 Å². The van der Waals surface area contributed by atoms with Gasteiger partial charge in [-0.3, -0.25) is 4.79 Å². The van der Waals surface area contributed by atoms with Crippen LogP contribution in [0.5, 0.6) is 0 Å². The van der Waals surface area contributed by atoms with Crippen molar-refractivity contribution >= 4 is 49.1 Å². The van der Waals surface area contributed by atoms with Gasteiger partial charge in [0, 0.05) is 48.0 Å². The molecule has 3 atom stereocenters. The van der Waals surface area contributed by atoms with Crippen molar-refractivity contribution in [2.45, 2.75) is 48.8 Å². The Hall–Kier alpha value is 0.670. The standard InChI is InChI=1S/C15H35N5O2S4/c1-14(2,25-23-6-4-16)11(19)8-13(21)22-10-15(3,12(20)9-18)26-24-7-5-17/h11-12H,4-10,16-20H2,1-3H3/t11-,12-,15?/m1/s1. The van der Waals surface area contributed by atoms with Crippen LogP contribution in [0.1, 0.15) is 27.2 Å². The minimum atomic E-state index is -0.477. The van der Waals surface area contributed by atoms with E-state index in [0.717, 1.165) is 11.5 Å². The molecule has 0 amide bonds. The molecule has 0 aliphatic heterocycles. The maximum atomic E-state index is 12.3. The Morgan fingerprint density at radius 1 is 0.962 bits per heavy atom. The molecule has 0 heterocycles. The lowest BCUT2D eigenvalue weighted by Crippen LogP contribution is -2.51. The van der Waals surface area contributed by atoms with Crippen molar-refractivity contribution < 1.29 is 9.53 Å². The van der Waals surface area contributed by atoms with Gasteiger partial charge in [-0.2, -0.15) is 0 Å². The average molecular weight is 446 g/mol. The van der Waals surface area contributed by atoms with Crippen LogP contribution in [0.3, 0.4) is 0 Å². The predicted octanol–water partition coefficient (Wildman–Crippen LogP) is 0.751. The average Bonchev–Trinajstić information content (AvgIpc) is 2.59. The number of ether oxygens (including phenoxy) is 1. The molecule has 0 saturated carbocycles. The highest BCUT2D eigenvalue weighted by Crippen LogP contribution is 2.39. The van der Waals surface area contributed by atoms with Crippen molar-refractivity contribution in [1.82, 2.24) is 0 Å². The van der Waals surface area contributed by atoms with Gasteiger partial charge in [0.2, 0.25) is 0 Å². The zero-order chi connectivity index (χ0) is 20.2. The molecule has 0 bridgehead atoms. The zero-order valence-electron chi connectivity index (χ0n) is 15.9. The van der Waals surface area contributed by atoms with Crippen molar-refractivity contribution in [3.05, 3.63) is 0 Å². The van der Waals surface area contributed by atoms with Gasteiger partial charge in [-0.1, -0.05) is 43.2 Å². The molecular weight excluding hydrogens is 410 g/mol. The third-order valence-corrected chi connectivity index (χ3v) is 10.5. The third kappa shape index (κ3) is 10.3. The van der Waals surface area contributed by atoms with Crippen LogP contribution < -0.4 is 28.7 Å². The quantitative estimate of drug-likeness (QED) is 0.138. The van der Waals surface area contributed by atoms with E-state index in [-0.39, 0.29) is 35.8 Å². The number of esters is 1. The van der Waals surface area contributed by atoms with Crippen molar-refractivity contribution in [3.8, 4) is 0 Å². The molecule has 0 aromatic rings. The van der Waals surface area contributed by atoms with Crippen molar-refractivity contribution in [3.63, 3.8) is 0 Å². The van der Waals surface area contributed by atoms with Crippen molar-refractivity contribution in [2.24, 2.45) is 28.7 Å². The summed E-state index contributed by atoms with van der Waals surface area (Å²) in [6.07, 6.45) is 0.151. The van der Waals surface area contributed by atoms with Gasteiger partial charge in [0.15, 0.2) is 0 Å². The van der Waals surface area contributed by atoms with Crippen LogP contribution in [0, 0.1) is 0 Å². The number of carbonyl (C=O) groups is 1. The molecule has 1 unspecified atom stereocenters. The molecule has 10 N–H and O–H groups in total. The normalized spacial score (nSPS) is 16.8. The molecule has 0 saturated heterocycles. The molecule has 0 aliphatic rings. The van der Waals surface area contributed by atoms with E-state index in [2.05, 4.69) is 0 Å². The summed E-state index contributed by atoms with van der Waals surface area (Å²) in [6.45, 7) is 7.69. The zero-order valence-corrected chi connectivity index (χ0v) is 19.2. The van der Waals surface area contributed by atoms with Crippen LogP contribution in [-0.4, -0.2) is 65.3 Å². The minimum Gasteiger partial charge on any atom is -0.464 e. The lowest BCUT2D eigenvalue weighted by atomic mass is 10.0. The van der Waals surface area contributed by atoms with Crippen molar-refractivity contribution in [1.29, 1.82) is 0 Å². The highest BCUT2D eigenvalue weighted by Gasteiger charge is 2.35. The largest absolute Gasteiger partial charge is 0.464 e. The van der Waals surface area contributed by atoms with Crippen LogP contribution >= 0.6 is 43.2 Å². The molecular formula is C15H35N5O2S4. The Morgan fingerprint density at radius 3 is 2.00 bits per heavy atom. The van der Waals surface area contributed by atoms with Crippen LogP contribution in [-0.2, 0) is 9.53 Å². The second-order valence-corrected chi connectivity index (χ2v) is 12.6. The van der Waals surface area contributed by atoms with Crippen LogP contribution in [0.2, 0.25) is 0 Å². The SMILES string of the molecule is CC(C)(SSCCN)[C@H](N)CC(=O)OCC(C)(SSCCN)[C@H](N)CN. The lowest BCUT2D eigenvalue weighted by molar-refractivity contribution is -0.145. The van der Waals surface area contributed by atoms with Gasteiger partial charge in [0.1, 0.15) is 6.61 Å². The molecule has 156 valence electrons.